The van der Waals surface area contributed by atoms with E-state index in [1.807, 2.05) is 6.07 Å². The van der Waals surface area contributed by atoms with Gasteiger partial charge in [0.1, 0.15) is 17.5 Å². The third-order valence-corrected chi connectivity index (χ3v) is 3.59. The highest BCUT2D eigenvalue weighted by atomic mass is 16.5. The summed E-state index contributed by atoms with van der Waals surface area (Å²) in [7, 11) is 0. The molecule has 4 nitrogen and oxygen atoms in total. The van der Waals surface area contributed by atoms with Crippen molar-refractivity contribution in [1.82, 2.24) is 4.98 Å². The van der Waals surface area contributed by atoms with Crippen LogP contribution in [0.15, 0.2) is 12.3 Å². The zero-order valence-corrected chi connectivity index (χ0v) is 9.89. The van der Waals surface area contributed by atoms with E-state index in [0.717, 1.165) is 31.4 Å². The van der Waals surface area contributed by atoms with Crippen molar-refractivity contribution < 1.29 is 9.47 Å². The molecule has 1 aromatic rings. The third-order valence-electron chi connectivity index (χ3n) is 3.59. The second kappa shape index (κ2) is 4.43. The molecule has 0 spiro atoms. The summed E-state index contributed by atoms with van der Waals surface area (Å²) in [5, 5.41) is 0. The second-order valence-corrected chi connectivity index (χ2v) is 4.87. The first-order valence-corrected chi connectivity index (χ1v) is 6.41. The number of hydrogen-bond donors (Lipinski definition) is 1. The molecular weight excluding hydrogens is 216 g/mol. The highest BCUT2D eigenvalue weighted by Crippen LogP contribution is 2.35. The Kier molecular flexibility index (Phi) is 2.79. The lowest BCUT2D eigenvalue weighted by molar-refractivity contribution is 0.109. The van der Waals surface area contributed by atoms with Gasteiger partial charge in [0.25, 0.3) is 0 Å². The number of nitrogen functional groups attached to an aromatic ring is 1. The predicted octanol–water partition coefficient (Wildman–Crippen LogP) is 2.53. The maximum absolute atomic E-state index is 6.03. The van der Waals surface area contributed by atoms with E-state index in [2.05, 4.69) is 4.98 Å². The van der Waals surface area contributed by atoms with Gasteiger partial charge in [-0.1, -0.05) is 0 Å². The van der Waals surface area contributed by atoms with Crippen molar-refractivity contribution in [2.45, 2.75) is 50.7 Å². The molecule has 3 rings (SSSR count). The molecule has 2 saturated carbocycles. The minimum absolute atomic E-state index is 0.295. The van der Waals surface area contributed by atoms with Crippen molar-refractivity contribution in [3.63, 3.8) is 0 Å². The number of hydrogen-bond acceptors (Lipinski definition) is 4. The topological polar surface area (TPSA) is 57.4 Å². The molecule has 0 amide bonds. The SMILES string of the molecule is Nc1c(OC2CCC2)ccnc1OC1CCC1. The molecule has 0 bridgehead atoms. The number of rotatable bonds is 4. The van der Waals surface area contributed by atoms with Gasteiger partial charge in [-0.2, -0.15) is 0 Å². The number of ether oxygens (including phenoxy) is 2. The van der Waals surface area contributed by atoms with Gasteiger partial charge in [-0.05, 0) is 38.5 Å². The fourth-order valence-corrected chi connectivity index (χ4v) is 1.95. The second-order valence-electron chi connectivity index (χ2n) is 4.87. The minimum atomic E-state index is 0.295. The van der Waals surface area contributed by atoms with Crippen LogP contribution in [0.1, 0.15) is 38.5 Å². The quantitative estimate of drug-likeness (QED) is 0.869. The lowest BCUT2D eigenvalue weighted by Gasteiger charge is -2.29. The predicted molar refractivity (Wildman–Crippen MR) is 65.2 cm³/mol. The summed E-state index contributed by atoms with van der Waals surface area (Å²) in [4.78, 5) is 4.18. The maximum Gasteiger partial charge on any atom is 0.241 e. The molecule has 2 aliphatic rings. The fourth-order valence-electron chi connectivity index (χ4n) is 1.95. The monoisotopic (exact) mass is 234 g/mol. The van der Waals surface area contributed by atoms with E-state index < -0.39 is 0 Å². The first kappa shape index (κ1) is 10.7. The van der Waals surface area contributed by atoms with Gasteiger partial charge < -0.3 is 15.2 Å². The molecule has 4 heteroatoms. The summed E-state index contributed by atoms with van der Waals surface area (Å²) in [5.74, 6) is 1.26. The molecule has 2 aliphatic carbocycles. The highest BCUT2D eigenvalue weighted by Gasteiger charge is 2.24. The first-order valence-electron chi connectivity index (χ1n) is 6.41. The summed E-state index contributed by atoms with van der Waals surface area (Å²) in [6.45, 7) is 0. The van der Waals surface area contributed by atoms with Crippen molar-refractivity contribution >= 4 is 5.69 Å². The van der Waals surface area contributed by atoms with Crippen LogP contribution < -0.4 is 15.2 Å². The highest BCUT2D eigenvalue weighted by molar-refractivity contribution is 5.59. The van der Waals surface area contributed by atoms with Crippen molar-refractivity contribution in [3.05, 3.63) is 12.3 Å². The molecule has 0 unspecified atom stereocenters. The average molecular weight is 234 g/mol. The van der Waals surface area contributed by atoms with E-state index in [-0.39, 0.29) is 0 Å². The summed E-state index contributed by atoms with van der Waals surface area (Å²) in [6.07, 6.45) is 9.28. The van der Waals surface area contributed by atoms with Gasteiger partial charge in [-0.25, -0.2) is 4.98 Å². The Morgan fingerprint density at radius 1 is 1.06 bits per heavy atom. The third kappa shape index (κ3) is 2.16. The summed E-state index contributed by atoms with van der Waals surface area (Å²) in [5.41, 5.74) is 6.57. The van der Waals surface area contributed by atoms with Crippen LogP contribution in [-0.2, 0) is 0 Å². The number of nitrogens with two attached hydrogens (primary N) is 1. The molecule has 1 aromatic heterocycles. The molecule has 2 fully saturated rings. The molecule has 0 aliphatic heterocycles. The van der Waals surface area contributed by atoms with Crippen LogP contribution in [0.5, 0.6) is 11.6 Å². The molecule has 92 valence electrons. The molecular formula is C13H18N2O2. The van der Waals surface area contributed by atoms with E-state index in [9.17, 15) is 0 Å². The molecule has 17 heavy (non-hydrogen) atoms. The van der Waals surface area contributed by atoms with Crippen LogP contribution in [0.2, 0.25) is 0 Å². The Morgan fingerprint density at radius 2 is 1.71 bits per heavy atom. The standard InChI is InChI=1S/C13H18N2O2/c14-12-11(16-9-3-1-4-9)7-8-15-13(12)17-10-5-2-6-10/h7-10H,1-6,14H2. The molecule has 0 saturated heterocycles. The molecule has 1 heterocycles. The number of aromatic nitrogens is 1. The van der Waals surface area contributed by atoms with Gasteiger partial charge in [0.15, 0.2) is 0 Å². The van der Waals surface area contributed by atoms with Crippen molar-refractivity contribution in [2.24, 2.45) is 0 Å². The Labute approximate surface area is 101 Å². The molecule has 0 aromatic carbocycles. The Morgan fingerprint density at radius 3 is 2.29 bits per heavy atom. The smallest absolute Gasteiger partial charge is 0.241 e. The van der Waals surface area contributed by atoms with Gasteiger partial charge in [-0.15, -0.1) is 0 Å². The van der Waals surface area contributed by atoms with Crippen LogP contribution in [0, 0.1) is 0 Å². The normalized spacial score (nSPS) is 20.5. The Balaban J connectivity index is 1.71. The summed E-state index contributed by atoms with van der Waals surface area (Å²) < 4.78 is 11.5. The summed E-state index contributed by atoms with van der Waals surface area (Å²) in [6, 6.07) is 1.82. The van der Waals surface area contributed by atoms with E-state index in [0.29, 0.717) is 23.8 Å². The molecule has 0 radical (unpaired) electrons. The van der Waals surface area contributed by atoms with Crippen LogP contribution in [-0.4, -0.2) is 17.2 Å². The first-order chi connectivity index (χ1) is 8.33. The lowest BCUT2D eigenvalue weighted by Crippen LogP contribution is -2.26. The Bertz CT molecular complexity index is 366. The largest absolute Gasteiger partial charge is 0.488 e. The van der Waals surface area contributed by atoms with E-state index in [4.69, 9.17) is 15.2 Å². The molecule has 0 atom stereocenters. The van der Waals surface area contributed by atoms with Gasteiger partial charge in [0, 0.05) is 12.3 Å². The number of pyridine rings is 1. The fraction of sp³-hybridized carbons (Fsp3) is 0.615. The van der Waals surface area contributed by atoms with Crippen LogP contribution in [0.4, 0.5) is 5.69 Å². The summed E-state index contributed by atoms with van der Waals surface area (Å²) >= 11 is 0. The van der Waals surface area contributed by atoms with E-state index in [1.165, 1.54) is 12.8 Å². The van der Waals surface area contributed by atoms with Crippen molar-refractivity contribution in [3.8, 4) is 11.6 Å². The van der Waals surface area contributed by atoms with Crippen molar-refractivity contribution in [2.75, 3.05) is 5.73 Å². The lowest BCUT2D eigenvalue weighted by atomic mass is 9.96. The maximum atomic E-state index is 6.03. The van der Waals surface area contributed by atoms with Crippen LogP contribution in [0.25, 0.3) is 0 Å². The van der Waals surface area contributed by atoms with E-state index >= 15 is 0 Å². The van der Waals surface area contributed by atoms with Gasteiger partial charge >= 0.3 is 0 Å². The average Bonchev–Trinajstić information content (AvgIpc) is 2.21. The van der Waals surface area contributed by atoms with Crippen LogP contribution >= 0.6 is 0 Å². The van der Waals surface area contributed by atoms with Gasteiger partial charge in [-0.3, -0.25) is 0 Å². The number of nitrogens with zero attached hydrogens (tertiary/aromatic N) is 1. The van der Waals surface area contributed by atoms with Gasteiger partial charge in [0.05, 0.1) is 6.10 Å². The van der Waals surface area contributed by atoms with Crippen molar-refractivity contribution in [1.29, 1.82) is 0 Å². The zero-order chi connectivity index (χ0) is 11.7. The Hall–Kier alpha value is -1.45. The zero-order valence-electron chi connectivity index (χ0n) is 9.89. The van der Waals surface area contributed by atoms with Crippen LogP contribution in [0.3, 0.4) is 0 Å². The van der Waals surface area contributed by atoms with Gasteiger partial charge in [0.2, 0.25) is 5.88 Å². The molecule has 2 N–H and O–H groups in total. The minimum Gasteiger partial charge on any atom is -0.488 e. The van der Waals surface area contributed by atoms with E-state index in [1.54, 1.807) is 6.20 Å². The number of anilines is 1.